The monoisotopic (exact) mass is 486 g/mol. The zero-order valence-corrected chi connectivity index (χ0v) is 19.5. The topological polar surface area (TPSA) is 111 Å². The molecule has 0 unspecified atom stereocenters. The first kappa shape index (κ1) is 24.7. The molecule has 1 amide bonds. The predicted octanol–water partition coefficient (Wildman–Crippen LogP) is 4.05. The molecule has 0 aliphatic carbocycles. The number of aryl methyl sites for hydroxylation is 2. The van der Waals surface area contributed by atoms with Crippen LogP contribution in [0.15, 0.2) is 65.6 Å². The zero-order chi connectivity index (χ0) is 24.9. The maximum atomic E-state index is 13.9. The summed E-state index contributed by atoms with van der Waals surface area (Å²) in [5.41, 5.74) is 1.81. The summed E-state index contributed by atoms with van der Waals surface area (Å²) in [5, 5.41) is 2.31. The lowest BCUT2D eigenvalue weighted by Crippen LogP contribution is -2.22. The molecule has 0 saturated heterocycles. The number of rotatable bonds is 8. The van der Waals surface area contributed by atoms with Crippen LogP contribution in [0, 0.1) is 19.7 Å². The number of ether oxygens (including phenoxy) is 2. The second kappa shape index (κ2) is 10.3. The van der Waals surface area contributed by atoms with Crippen molar-refractivity contribution in [3.63, 3.8) is 0 Å². The Balaban J connectivity index is 1.73. The van der Waals surface area contributed by atoms with Gasteiger partial charge in [0.25, 0.3) is 15.9 Å². The highest BCUT2D eigenvalue weighted by Gasteiger charge is 2.23. The Bertz CT molecular complexity index is 1320. The minimum atomic E-state index is -4.11. The number of amides is 1. The van der Waals surface area contributed by atoms with Crippen molar-refractivity contribution in [2.24, 2.45) is 0 Å². The molecule has 0 atom stereocenters. The molecule has 0 fully saturated rings. The average Bonchev–Trinajstić information content (AvgIpc) is 2.80. The van der Waals surface area contributed by atoms with Gasteiger partial charge in [0.1, 0.15) is 16.5 Å². The number of carbonyl (C=O) groups excluding carboxylic acids is 2. The number of sulfonamides is 1. The highest BCUT2D eigenvalue weighted by molar-refractivity contribution is 7.92. The summed E-state index contributed by atoms with van der Waals surface area (Å²) in [6.45, 7) is 2.88. The number of carbonyl (C=O) groups is 2. The van der Waals surface area contributed by atoms with Crippen molar-refractivity contribution >= 4 is 33.3 Å². The molecule has 34 heavy (non-hydrogen) atoms. The molecule has 0 bridgehead atoms. The minimum absolute atomic E-state index is 0.0174. The standard InChI is InChI=1S/C24H23FN2O6S/c1-15-4-8-18(9-5-15)27-34(30,31)22-13-17(7-11-21(22)32-3)24(29)33-14-23(28)26-20-10-6-16(2)12-19(20)25/h4-13,27H,14H2,1-3H3,(H,26,28). The summed E-state index contributed by atoms with van der Waals surface area (Å²) in [6.07, 6.45) is 0. The Morgan fingerprint density at radius 1 is 0.941 bits per heavy atom. The summed E-state index contributed by atoms with van der Waals surface area (Å²) < 4.78 is 52.3. The number of methoxy groups -OCH3 is 1. The van der Waals surface area contributed by atoms with Crippen LogP contribution in [-0.2, 0) is 19.6 Å². The van der Waals surface area contributed by atoms with Gasteiger partial charge in [0, 0.05) is 5.69 Å². The molecule has 3 aromatic carbocycles. The van der Waals surface area contributed by atoms with E-state index < -0.39 is 34.3 Å². The van der Waals surface area contributed by atoms with Gasteiger partial charge < -0.3 is 14.8 Å². The molecular formula is C24H23FN2O6S. The third kappa shape index (κ3) is 6.10. The van der Waals surface area contributed by atoms with Crippen molar-refractivity contribution in [2.75, 3.05) is 23.8 Å². The van der Waals surface area contributed by atoms with Crippen molar-refractivity contribution in [3.05, 3.63) is 83.2 Å². The number of nitrogens with one attached hydrogen (secondary N) is 2. The van der Waals surface area contributed by atoms with Crippen molar-refractivity contribution in [2.45, 2.75) is 18.7 Å². The lowest BCUT2D eigenvalue weighted by molar-refractivity contribution is -0.119. The summed E-state index contributed by atoms with van der Waals surface area (Å²) in [6, 6.07) is 14.7. The Morgan fingerprint density at radius 3 is 2.26 bits per heavy atom. The van der Waals surface area contributed by atoms with E-state index >= 15 is 0 Å². The number of esters is 1. The van der Waals surface area contributed by atoms with Crippen LogP contribution in [0.3, 0.4) is 0 Å². The Morgan fingerprint density at radius 2 is 1.62 bits per heavy atom. The van der Waals surface area contributed by atoms with Crippen LogP contribution in [0.2, 0.25) is 0 Å². The van der Waals surface area contributed by atoms with Crippen LogP contribution in [0.25, 0.3) is 0 Å². The normalized spacial score (nSPS) is 10.9. The fourth-order valence-corrected chi connectivity index (χ4v) is 4.22. The van der Waals surface area contributed by atoms with Crippen LogP contribution < -0.4 is 14.8 Å². The molecule has 3 aromatic rings. The molecule has 178 valence electrons. The first-order valence-electron chi connectivity index (χ1n) is 10.1. The third-order valence-corrected chi connectivity index (χ3v) is 6.13. The molecule has 0 aliphatic rings. The summed E-state index contributed by atoms with van der Waals surface area (Å²) in [7, 11) is -2.81. The summed E-state index contributed by atoms with van der Waals surface area (Å²) in [4.78, 5) is 24.2. The molecule has 0 aromatic heterocycles. The highest BCUT2D eigenvalue weighted by Crippen LogP contribution is 2.27. The lowest BCUT2D eigenvalue weighted by Gasteiger charge is -2.13. The second-order valence-electron chi connectivity index (χ2n) is 7.44. The van der Waals surface area contributed by atoms with Gasteiger partial charge in [-0.3, -0.25) is 9.52 Å². The first-order chi connectivity index (χ1) is 16.1. The quantitative estimate of drug-likeness (QED) is 0.465. The van der Waals surface area contributed by atoms with Gasteiger partial charge in [0.05, 0.1) is 18.4 Å². The molecule has 3 rings (SSSR count). The SMILES string of the molecule is COc1ccc(C(=O)OCC(=O)Nc2ccc(C)cc2F)cc1S(=O)(=O)Nc1ccc(C)cc1. The fraction of sp³-hybridized carbons (Fsp3) is 0.167. The highest BCUT2D eigenvalue weighted by atomic mass is 32.2. The fourth-order valence-electron chi connectivity index (χ4n) is 2.97. The van der Waals surface area contributed by atoms with Gasteiger partial charge in [0.15, 0.2) is 6.61 Å². The Labute approximate surface area is 196 Å². The van der Waals surface area contributed by atoms with E-state index in [1.807, 2.05) is 6.92 Å². The van der Waals surface area contributed by atoms with Crippen molar-refractivity contribution < 1.29 is 31.9 Å². The van der Waals surface area contributed by atoms with E-state index in [0.29, 0.717) is 11.3 Å². The summed E-state index contributed by atoms with van der Waals surface area (Å²) >= 11 is 0. The predicted molar refractivity (Wildman–Crippen MR) is 125 cm³/mol. The van der Waals surface area contributed by atoms with E-state index in [2.05, 4.69) is 10.0 Å². The molecule has 0 aliphatic heterocycles. The van der Waals surface area contributed by atoms with Gasteiger partial charge in [-0.15, -0.1) is 0 Å². The number of halogens is 1. The molecule has 10 heteroatoms. The van der Waals surface area contributed by atoms with Crippen LogP contribution >= 0.6 is 0 Å². The number of hydrogen-bond donors (Lipinski definition) is 2. The van der Waals surface area contributed by atoms with E-state index in [9.17, 15) is 22.4 Å². The average molecular weight is 487 g/mol. The van der Waals surface area contributed by atoms with Crippen molar-refractivity contribution in [3.8, 4) is 5.75 Å². The van der Waals surface area contributed by atoms with E-state index in [-0.39, 0.29) is 21.9 Å². The van der Waals surface area contributed by atoms with Gasteiger partial charge in [-0.05, 0) is 61.9 Å². The molecule has 0 saturated carbocycles. The maximum Gasteiger partial charge on any atom is 0.338 e. The third-order valence-electron chi connectivity index (χ3n) is 4.73. The van der Waals surface area contributed by atoms with Crippen LogP contribution in [0.1, 0.15) is 21.5 Å². The van der Waals surface area contributed by atoms with Crippen LogP contribution in [0.4, 0.5) is 15.8 Å². The molecule has 0 radical (unpaired) electrons. The molecule has 8 nitrogen and oxygen atoms in total. The molecule has 0 heterocycles. The van der Waals surface area contributed by atoms with Crippen molar-refractivity contribution in [1.82, 2.24) is 0 Å². The van der Waals surface area contributed by atoms with Gasteiger partial charge in [-0.2, -0.15) is 0 Å². The second-order valence-corrected chi connectivity index (χ2v) is 9.10. The number of hydrogen-bond acceptors (Lipinski definition) is 6. The maximum absolute atomic E-state index is 13.9. The molecule has 0 spiro atoms. The van der Waals surface area contributed by atoms with Crippen LogP contribution in [0.5, 0.6) is 5.75 Å². The van der Waals surface area contributed by atoms with E-state index in [1.54, 1.807) is 37.3 Å². The van der Waals surface area contributed by atoms with Gasteiger partial charge in [0.2, 0.25) is 0 Å². The van der Waals surface area contributed by atoms with E-state index in [0.717, 1.165) is 11.6 Å². The minimum Gasteiger partial charge on any atom is -0.495 e. The first-order valence-corrected chi connectivity index (χ1v) is 11.6. The van der Waals surface area contributed by atoms with E-state index in [4.69, 9.17) is 9.47 Å². The van der Waals surface area contributed by atoms with Crippen LogP contribution in [-0.4, -0.2) is 34.0 Å². The van der Waals surface area contributed by atoms with Gasteiger partial charge >= 0.3 is 5.97 Å². The number of anilines is 2. The van der Waals surface area contributed by atoms with E-state index in [1.165, 1.54) is 31.4 Å². The Kier molecular flexibility index (Phi) is 7.52. The van der Waals surface area contributed by atoms with Gasteiger partial charge in [-0.1, -0.05) is 23.8 Å². The molecule has 2 N–H and O–H groups in total. The lowest BCUT2D eigenvalue weighted by atomic mass is 10.2. The number of benzene rings is 3. The Hall–Kier alpha value is -3.92. The van der Waals surface area contributed by atoms with Crippen molar-refractivity contribution in [1.29, 1.82) is 0 Å². The van der Waals surface area contributed by atoms with Gasteiger partial charge in [-0.25, -0.2) is 17.6 Å². The molecular weight excluding hydrogens is 463 g/mol. The smallest absolute Gasteiger partial charge is 0.338 e. The largest absolute Gasteiger partial charge is 0.495 e. The zero-order valence-electron chi connectivity index (χ0n) is 18.7. The summed E-state index contributed by atoms with van der Waals surface area (Å²) in [5.74, 6) is -2.29.